The van der Waals surface area contributed by atoms with Crippen LogP contribution in [0.2, 0.25) is 0 Å². The minimum absolute atomic E-state index is 0.117. The molecule has 0 bridgehead atoms. The summed E-state index contributed by atoms with van der Waals surface area (Å²) in [5.74, 6) is 0.573. The molecule has 2 atom stereocenters. The van der Waals surface area contributed by atoms with Gasteiger partial charge in [-0.2, -0.15) is 0 Å². The minimum Gasteiger partial charge on any atom is -0.372 e. The zero-order valence-electron chi connectivity index (χ0n) is 10.8. The Morgan fingerprint density at radius 2 is 2.11 bits per heavy atom. The van der Waals surface area contributed by atoms with E-state index in [1.807, 2.05) is 25.7 Å². The molecule has 1 amide bonds. The van der Waals surface area contributed by atoms with E-state index in [1.165, 1.54) is 23.1 Å². The van der Waals surface area contributed by atoms with Gasteiger partial charge in [0.15, 0.2) is 4.34 Å². The lowest BCUT2D eigenvalue weighted by atomic mass is 10.2. The third-order valence-electron chi connectivity index (χ3n) is 2.60. The highest BCUT2D eigenvalue weighted by atomic mass is 32.2. The van der Waals surface area contributed by atoms with Crippen LogP contribution >= 0.6 is 23.1 Å². The van der Waals surface area contributed by atoms with Crippen molar-refractivity contribution in [1.29, 1.82) is 0 Å². The fourth-order valence-electron chi connectivity index (χ4n) is 1.93. The molecule has 2 heterocycles. The number of thioether (sulfide) groups is 1. The van der Waals surface area contributed by atoms with Crippen LogP contribution in [-0.4, -0.2) is 52.1 Å². The van der Waals surface area contributed by atoms with Crippen LogP contribution in [0.4, 0.5) is 0 Å². The fraction of sp³-hybridized carbons (Fsp3) is 0.727. The Morgan fingerprint density at radius 1 is 1.44 bits per heavy atom. The summed E-state index contributed by atoms with van der Waals surface area (Å²) in [5, 5.41) is 8.86. The number of aryl methyl sites for hydroxylation is 1. The monoisotopic (exact) mass is 287 g/mol. The van der Waals surface area contributed by atoms with Crippen molar-refractivity contribution in [3.63, 3.8) is 0 Å². The standard InChI is InChI=1S/C11H17N3O2S2/c1-7-4-14(5-8(2)16-7)10(15)6-17-11-13-12-9(3)18-11/h7-8H,4-6H2,1-3H3/t7-,8-/m0/s1. The molecular formula is C11H17N3O2S2. The van der Waals surface area contributed by atoms with Crippen LogP contribution in [-0.2, 0) is 9.53 Å². The number of carbonyl (C=O) groups is 1. The second-order valence-corrected chi connectivity index (χ2v) is 6.84. The second kappa shape index (κ2) is 5.99. The van der Waals surface area contributed by atoms with E-state index in [1.54, 1.807) is 0 Å². The van der Waals surface area contributed by atoms with Crippen LogP contribution in [0.25, 0.3) is 0 Å². The second-order valence-electron chi connectivity index (χ2n) is 4.43. The van der Waals surface area contributed by atoms with Crippen LogP contribution in [0.3, 0.4) is 0 Å². The molecule has 1 aromatic rings. The maximum absolute atomic E-state index is 12.1. The number of ether oxygens (including phenoxy) is 1. The average molecular weight is 287 g/mol. The highest BCUT2D eigenvalue weighted by Crippen LogP contribution is 2.22. The molecule has 0 spiro atoms. The van der Waals surface area contributed by atoms with Gasteiger partial charge in [-0.3, -0.25) is 4.79 Å². The lowest BCUT2D eigenvalue weighted by molar-refractivity contribution is -0.140. The van der Waals surface area contributed by atoms with E-state index in [2.05, 4.69) is 10.2 Å². The van der Waals surface area contributed by atoms with Crippen molar-refractivity contribution in [2.75, 3.05) is 18.8 Å². The number of amides is 1. The van der Waals surface area contributed by atoms with E-state index in [4.69, 9.17) is 4.74 Å². The summed E-state index contributed by atoms with van der Waals surface area (Å²) in [6, 6.07) is 0. The average Bonchev–Trinajstić information content (AvgIpc) is 2.70. The first-order chi connectivity index (χ1) is 8.54. The Balaban J connectivity index is 1.84. The molecule has 0 radical (unpaired) electrons. The van der Waals surface area contributed by atoms with E-state index in [0.717, 1.165) is 9.35 Å². The van der Waals surface area contributed by atoms with Gasteiger partial charge in [-0.25, -0.2) is 0 Å². The normalized spacial score (nSPS) is 24.3. The molecule has 18 heavy (non-hydrogen) atoms. The van der Waals surface area contributed by atoms with Gasteiger partial charge >= 0.3 is 0 Å². The molecule has 1 aliphatic heterocycles. The fourth-order valence-corrected chi connectivity index (χ4v) is 3.65. The van der Waals surface area contributed by atoms with E-state index >= 15 is 0 Å². The number of morpholine rings is 1. The Labute approximate surface area is 115 Å². The lowest BCUT2D eigenvalue weighted by Gasteiger charge is -2.35. The number of carbonyl (C=O) groups excluding carboxylic acids is 1. The smallest absolute Gasteiger partial charge is 0.233 e. The van der Waals surface area contributed by atoms with Crippen LogP contribution in [0.1, 0.15) is 18.9 Å². The van der Waals surface area contributed by atoms with Crippen molar-refractivity contribution >= 4 is 29.0 Å². The predicted octanol–water partition coefficient (Wildman–Crippen LogP) is 1.57. The molecule has 1 saturated heterocycles. The first-order valence-electron chi connectivity index (χ1n) is 5.90. The number of hydrogen-bond acceptors (Lipinski definition) is 6. The molecule has 100 valence electrons. The molecule has 5 nitrogen and oxygen atoms in total. The summed E-state index contributed by atoms with van der Waals surface area (Å²) >= 11 is 2.98. The largest absolute Gasteiger partial charge is 0.372 e. The van der Waals surface area contributed by atoms with Gasteiger partial charge < -0.3 is 9.64 Å². The van der Waals surface area contributed by atoms with Crippen LogP contribution < -0.4 is 0 Å². The van der Waals surface area contributed by atoms with Gasteiger partial charge in [0.2, 0.25) is 5.91 Å². The summed E-state index contributed by atoms with van der Waals surface area (Å²) in [6.07, 6.45) is 0.234. The van der Waals surface area contributed by atoms with Gasteiger partial charge in [-0.05, 0) is 20.8 Å². The quantitative estimate of drug-likeness (QED) is 0.790. The highest BCUT2D eigenvalue weighted by Gasteiger charge is 2.25. The van der Waals surface area contributed by atoms with Gasteiger partial charge in [0.1, 0.15) is 5.01 Å². The molecule has 0 unspecified atom stereocenters. The van der Waals surface area contributed by atoms with Gasteiger partial charge in [0, 0.05) is 13.1 Å². The van der Waals surface area contributed by atoms with Gasteiger partial charge in [0.25, 0.3) is 0 Å². The number of aromatic nitrogens is 2. The third-order valence-corrected chi connectivity index (χ3v) is 4.56. The highest BCUT2D eigenvalue weighted by molar-refractivity contribution is 8.01. The number of hydrogen-bond donors (Lipinski definition) is 0. The zero-order valence-corrected chi connectivity index (χ0v) is 12.4. The molecular weight excluding hydrogens is 270 g/mol. The summed E-state index contributed by atoms with van der Waals surface area (Å²) in [7, 11) is 0. The summed E-state index contributed by atoms with van der Waals surface area (Å²) in [5.41, 5.74) is 0. The van der Waals surface area contributed by atoms with E-state index < -0.39 is 0 Å². The summed E-state index contributed by atoms with van der Waals surface area (Å²) < 4.78 is 6.47. The van der Waals surface area contributed by atoms with Crippen LogP contribution in [0.15, 0.2) is 4.34 Å². The number of rotatable bonds is 3. The maximum atomic E-state index is 12.1. The Hall–Kier alpha value is -0.660. The molecule has 7 heteroatoms. The Bertz CT molecular complexity index is 414. The van der Waals surface area contributed by atoms with E-state index in [0.29, 0.717) is 18.8 Å². The van der Waals surface area contributed by atoms with Crippen molar-refractivity contribution in [3.8, 4) is 0 Å². The van der Waals surface area contributed by atoms with Gasteiger partial charge in [-0.15, -0.1) is 10.2 Å². The topological polar surface area (TPSA) is 55.3 Å². The first-order valence-corrected chi connectivity index (χ1v) is 7.71. The first kappa shape index (κ1) is 13.8. The van der Waals surface area contributed by atoms with Crippen molar-refractivity contribution in [2.24, 2.45) is 0 Å². The van der Waals surface area contributed by atoms with Crippen molar-refractivity contribution < 1.29 is 9.53 Å². The van der Waals surface area contributed by atoms with Crippen LogP contribution in [0.5, 0.6) is 0 Å². The van der Waals surface area contributed by atoms with E-state index in [-0.39, 0.29) is 18.1 Å². The molecule has 1 aliphatic rings. The molecule has 1 fully saturated rings. The lowest BCUT2D eigenvalue weighted by Crippen LogP contribution is -2.48. The van der Waals surface area contributed by atoms with E-state index in [9.17, 15) is 4.79 Å². The van der Waals surface area contributed by atoms with Crippen molar-refractivity contribution in [3.05, 3.63) is 5.01 Å². The van der Waals surface area contributed by atoms with Crippen molar-refractivity contribution in [1.82, 2.24) is 15.1 Å². The molecule has 2 rings (SSSR count). The van der Waals surface area contributed by atoms with Crippen LogP contribution in [0, 0.1) is 6.92 Å². The Kier molecular flexibility index (Phi) is 4.58. The Morgan fingerprint density at radius 3 is 2.67 bits per heavy atom. The van der Waals surface area contributed by atoms with Gasteiger partial charge in [-0.1, -0.05) is 23.1 Å². The maximum Gasteiger partial charge on any atom is 0.233 e. The van der Waals surface area contributed by atoms with Crippen molar-refractivity contribution in [2.45, 2.75) is 37.3 Å². The minimum atomic E-state index is 0.117. The third kappa shape index (κ3) is 3.66. The summed E-state index contributed by atoms with van der Waals surface area (Å²) in [6.45, 7) is 7.26. The molecule has 0 aromatic carbocycles. The summed E-state index contributed by atoms with van der Waals surface area (Å²) in [4.78, 5) is 14.0. The molecule has 0 saturated carbocycles. The predicted molar refractivity (Wildman–Crippen MR) is 72.0 cm³/mol. The molecule has 0 N–H and O–H groups in total. The number of nitrogens with zero attached hydrogens (tertiary/aromatic N) is 3. The SMILES string of the molecule is Cc1nnc(SCC(=O)N2C[C@H](C)O[C@@H](C)C2)s1. The van der Waals surface area contributed by atoms with Gasteiger partial charge in [0.05, 0.1) is 18.0 Å². The molecule has 1 aromatic heterocycles. The molecule has 0 aliphatic carbocycles. The zero-order chi connectivity index (χ0) is 13.1.